The van der Waals surface area contributed by atoms with Crippen LogP contribution in [-0.2, 0) is 0 Å². The van der Waals surface area contributed by atoms with Crippen LogP contribution in [0.25, 0.3) is 0 Å². The van der Waals surface area contributed by atoms with Gasteiger partial charge in [-0.3, -0.25) is 4.79 Å². The maximum absolute atomic E-state index is 12.4. The third kappa shape index (κ3) is 2.32. The molecule has 1 aliphatic heterocycles. The van der Waals surface area contributed by atoms with E-state index in [0.29, 0.717) is 24.5 Å². The second kappa shape index (κ2) is 5.25. The van der Waals surface area contributed by atoms with E-state index in [2.05, 4.69) is 0 Å². The quantitative estimate of drug-likeness (QED) is 0.841. The summed E-state index contributed by atoms with van der Waals surface area (Å²) in [4.78, 5) is 14.0. The predicted octanol–water partition coefficient (Wildman–Crippen LogP) is 2.73. The molecule has 0 spiro atoms. The number of nitrogens with zero attached hydrogens (tertiary/aromatic N) is 1. The van der Waals surface area contributed by atoms with E-state index in [4.69, 9.17) is 9.47 Å². The largest absolute Gasteiger partial charge is 0.486 e. The molecule has 2 aromatic carbocycles. The van der Waals surface area contributed by atoms with E-state index in [1.165, 1.54) is 0 Å². The van der Waals surface area contributed by atoms with E-state index in [-0.39, 0.29) is 5.91 Å². The van der Waals surface area contributed by atoms with Crippen molar-refractivity contribution in [2.24, 2.45) is 0 Å². The van der Waals surface area contributed by atoms with Crippen LogP contribution in [0.3, 0.4) is 0 Å². The van der Waals surface area contributed by atoms with Crippen molar-refractivity contribution in [3.63, 3.8) is 0 Å². The first-order valence-corrected chi connectivity index (χ1v) is 6.48. The highest BCUT2D eigenvalue weighted by Crippen LogP contribution is 2.33. The molecular formula is C16H15NO3. The summed E-state index contributed by atoms with van der Waals surface area (Å²) in [7, 11) is 1.75. The normalized spacial score (nSPS) is 12.8. The topological polar surface area (TPSA) is 38.8 Å². The van der Waals surface area contributed by atoms with Crippen LogP contribution in [0, 0.1) is 0 Å². The van der Waals surface area contributed by atoms with Gasteiger partial charge in [-0.2, -0.15) is 0 Å². The van der Waals surface area contributed by atoms with Crippen molar-refractivity contribution in [1.82, 2.24) is 0 Å². The van der Waals surface area contributed by atoms with Gasteiger partial charge < -0.3 is 14.4 Å². The van der Waals surface area contributed by atoms with Crippen molar-refractivity contribution in [3.8, 4) is 11.5 Å². The lowest BCUT2D eigenvalue weighted by Crippen LogP contribution is -2.26. The molecule has 1 heterocycles. The van der Waals surface area contributed by atoms with Crippen LogP contribution in [0.2, 0.25) is 0 Å². The van der Waals surface area contributed by atoms with E-state index >= 15 is 0 Å². The molecule has 102 valence electrons. The average Bonchev–Trinajstić information content (AvgIpc) is 2.54. The van der Waals surface area contributed by atoms with Crippen molar-refractivity contribution >= 4 is 11.6 Å². The van der Waals surface area contributed by atoms with Gasteiger partial charge in [-0.05, 0) is 24.3 Å². The number of hydrogen-bond acceptors (Lipinski definition) is 3. The van der Waals surface area contributed by atoms with Gasteiger partial charge >= 0.3 is 0 Å². The highest BCUT2D eigenvalue weighted by molar-refractivity contribution is 6.05. The summed E-state index contributed by atoms with van der Waals surface area (Å²) in [5.74, 6) is 1.35. The van der Waals surface area contributed by atoms with Gasteiger partial charge in [-0.25, -0.2) is 0 Å². The Balaban J connectivity index is 1.87. The molecule has 0 unspecified atom stereocenters. The molecule has 0 saturated heterocycles. The Morgan fingerprint density at radius 1 is 1.00 bits per heavy atom. The van der Waals surface area contributed by atoms with Crippen LogP contribution in [0.5, 0.6) is 11.5 Å². The van der Waals surface area contributed by atoms with Crippen LogP contribution < -0.4 is 14.4 Å². The smallest absolute Gasteiger partial charge is 0.258 e. The fourth-order valence-corrected chi connectivity index (χ4v) is 2.13. The summed E-state index contributed by atoms with van der Waals surface area (Å²) in [5.41, 5.74) is 1.44. The number of amides is 1. The van der Waals surface area contributed by atoms with Gasteiger partial charge in [0.1, 0.15) is 13.2 Å². The summed E-state index contributed by atoms with van der Waals surface area (Å²) < 4.78 is 11.0. The van der Waals surface area contributed by atoms with Crippen LogP contribution >= 0.6 is 0 Å². The lowest BCUT2D eigenvalue weighted by molar-refractivity contribution is 0.0993. The molecule has 20 heavy (non-hydrogen) atoms. The Hall–Kier alpha value is -2.49. The van der Waals surface area contributed by atoms with Gasteiger partial charge in [0.2, 0.25) is 0 Å². The van der Waals surface area contributed by atoms with Crippen molar-refractivity contribution in [3.05, 3.63) is 54.1 Å². The van der Waals surface area contributed by atoms with E-state index in [1.807, 2.05) is 36.4 Å². The second-order valence-electron chi connectivity index (χ2n) is 4.56. The van der Waals surface area contributed by atoms with Gasteiger partial charge in [0.15, 0.2) is 11.5 Å². The number of carbonyl (C=O) groups excluding carboxylic acids is 1. The van der Waals surface area contributed by atoms with Crippen molar-refractivity contribution in [2.45, 2.75) is 0 Å². The molecule has 1 amide bonds. The van der Waals surface area contributed by atoms with Crippen LogP contribution in [0.15, 0.2) is 48.5 Å². The molecule has 3 rings (SSSR count). The molecule has 0 atom stereocenters. The number of hydrogen-bond donors (Lipinski definition) is 0. The van der Waals surface area contributed by atoms with E-state index < -0.39 is 0 Å². The van der Waals surface area contributed by atoms with Crippen molar-refractivity contribution < 1.29 is 14.3 Å². The fourth-order valence-electron chi connectivity index (χ4n) is 2.13. The highest BCUT2D eigenvalue weighted by atomic mass is 16.6. The zero-order chi connectivity index (χ0) is 13.9. The van der Waals surface area contributed by atoms with Gasteiger partial charge in [-0.1, -0.05) is 18.2 Å². The molecule has 2 aromatic rings. The van der Waals surface area contributed by atoms with E-state index in [0.717, 1.165) is 11.4 Å². The summed E-state index contributed by atoms with van der Waals surface area (Å²) >= 11 is 0. The van der Waals surface area contributed by atoms with Gasteiger partial charge in [0.05, 0.1) is 0 Å². The Bertz CT molecular complexity index is 625. The lowest BCUT2D eigenvalue weighted by atomic mass is 10.2. The first-order valence-electron chi connectivity index (χ1n) is 6.48. The maximum atomic E-state index is 12.4. The fraction of sp³-hybridized carbons (Fsp3) is 0.188. The van der Waals surface area contributed by atoms with Gasteiger partial charge in [0, 0.05) is 24.4 Å². The van der Waals surface area contributed by atoms with Crippen LogP contribution in [0.4, 0.5) is 5.69 Å². The zero-order valence-corrected chi connectivity index (χ0v) is 11.2. The molecule has 0 saturated carbocycles. The van der Waals surface area contributed by atoms with Crippen LogP contribution in [-0.4, -0.2) is 26.2 Å². The average molecular weight is 269 g/mol. The van der Waals surface area contributed by atoms with E-state index in [1.54, 1.807) is 24.1 Å². The third-order valence-corrected chi connectivity index (χ3v) is 3.24. The van der Waals surface area contributed by atoms with Gasteiger partial charge in [-0.15, -0.1) is 0 Å². The number of rotatable bonds is 2. The minimum Gasteiger partial charge on any atom is -0.486 e. The third-order valence-electron chi connectivity index (χ3n) is 3.24. The Morgan fingerprint density at radius 3 is 2.45 bits per heavy atom. The van der Waals surface area contributed by atoms with Crippen molar-refractivity contribution in [1.29, 1.82) is 0 Å². The number of benzene rings is 2. The molecule has 4 heteroatoms. The number of fused-ring (bicyclic) bond motifs is 1. The van der Waals surface area contributed by atoms with E-state index in [9.17, 15) is 4.79 Å². The standard InChI is InChI=1S/C16H15NO3/c1-17(16(18)12-5-3-2-4-6-12)13-7-8-14-15(11-13)20-10-9-19-14/h2-8,11H,9-10H2,1H3. The first kappa shape index (κ1) is 12.5. The highest BCUT2D eigenvalue weighted by Gasteiger charge is 2.17. The van der Waals surface area contributed by atoms with Crippen molar-refractivity contribution in [2.75, 3.05) is 25.2 Å². The Morgan fingerprint density at radius 2 is 1.70 bits per heavy atom. The summed E-state index contributed by atoms with van der Waals surface area (Å²) in [6, 6.07) is 14.7. The molecular weight excluding hydrogens is 254 g/mol. The zero-order valence-electron chi connectivity index (χ0n) is 11.2. The monoisotopic (exact) mass is 269 g/mol. The number of ether oxygens (including phenoxy) is 2. The Labute approximate surface area is 117 Å². The lowest BCUT2D eigenvalue weighted by Gasteiger charge is -2.22. The minimum absolute atomic E-state index is 0.0534. The SMILES string of the molecule is CN(C(=O)c1ccccc1)c1ccc2c(c1)OCCO2. The molecule has 0 radical (unpaired) electrons. The van der Waals surface area contributed by atoms with Crippen LogP contribution in [0.1, 0.15) is 10.4 Å². The molecule has 0 bridgehead atoms. The summed E-state index contributed by atoms with van der Waals surface area (Å²) in [6.07, 6.45) is 0. The molecule has 0 aromatic heterocycles. The second-order valence-corrected chi connectivity index (χ2v) is 4.56. The molecule has 0 aliphatic carbocycles. The van der Waals surface area contributed by atoms with Gasteiger partial charge in [0.25, 0.3) is 5.91 Å². The Kier molecular flexibility index (Phi) is 3.29. The molecule has 1 aliphatic rings. The number of carbonyl (C=O) groups is 1. The molecule has 0 fully saturated rings. The first-order chi connectivity index (χ1) is 9.75. The summed E-state index contributed by atoms with van der Waals surface area (Å²) in [5, 5.41) is 0. The molecule has 0 N–H and O–H groups in total. The molecule has 4 nitrogen and oxygen atoms in total. The predicted molar refractivity (Wildman–Crippen MR) is 76.6 cm³/mol. The number of anilines is 1. The minimum atomic E-state index is -0.0534. The summed E-state index contributed by atoms with van der Waals surface area (Å²) in [6.45, 7) is 1.10. The maximum Gasteiger partial charge on any atom is 0.258 e.